The van der Waals surface area contributed by atoms with E-state index in [1.807, 2.05) is 49.3 Å². The number of ether oxygens (including phenoxy) is 1. The Hall–Kier alpha value is -3.95. The Labute approximate surface area is 208 Å². The molecule has 4 aromatic rings. The van der Waals surface area contributed by atoms with E-state index in [0.29, 0.717) is 51.2 Å². The number of halogens is 1. The lowest BCUT2D eigenvalue weighted by Gasteiger charge is -2.20. The second-order valence-corrected chi connectivity index (χ2v) is 8.58. The highest BCUT2D eigenvalue weighted by Crippen LogP contribution is 2.35. The number of hydrogen-bond acceptors (Lipinski definition) is 7. The molecular weight excluding hydrogens is 466 g/mol. The molecule has 0 radical (unpaired) electrons. The number of nitrogens with zero attached hydrogens (tertiary/aromatic N) is 6. The van der Waals surface area contributed by atoms with E-state index in [4.69, 9.17) is 27.2 Å². The number of benzene rings is 2. The monoisotopic (exact) mass is 491 g/mol. The molecule has 0 aliphatic carbocycles. The molecule has 180 valence electrons. The summed E-state index contributed by atoms with van der Waals surface area (Å²) in [4.78, 5) is 24.9. The van der Waals surface area contributed by atoms with Crippen molar-refractivity contribution in [2.75, 3.05) is 45.4 Å². The van der Waals surface area contributed by atoms with E-state index >= 15 is 0 Å². The van der Waals surface area contributed by atoms with Gasteiger partial charge in [-0.05, 0) is 44.4 Å². The lowest BCUT2D eigenvalue weighted by molar-refractivity contribution is -0.113. The minimum atomic E-state index is -0.180. The largest absolute Gasteiger partial charge is 0.495 e. The first kappa shape index (κ1) is 24.2. The molecule has 35 heavy (non-hydrogen) atoms. The zero-order valence-corrected chi connectivity index (χ0v) is 20.7. The summed E-state index contributed by atoms with van der Waals surface area (Å²) < 4.78 is 7.21. The molecule has 1 amide bonds. The van der Waals surface area contributed by atoms with Crippen molar-refractivity contribution in [3.05, 3.63) is 66.0 Å². The van der Waals surface area contributed by atoms with Crippen molar-refractivity contribution in [3.63, 3.8) is 0 Å². The number of nitrogen functional groups attached to an aromatic ring is 1. The standard InChI is InChI=1S/C25H26ClN7O2/c1-31(2)13-5-6-21(34)32(3)19-14-18(11-12-20(19)35-4)33-25-22(24(27)28-15-29-25)23(30-33)16-7-9-17(26)10-8-16/h5-12,14-15H,13H2,1-4H3,(H2,27,28,29)/b6-5+. The first-order valence-electron chi connectivity index (χ1n) is 10.8. The van der Waals surface area contributed by atoms with Crippen LogP contribution in [0.2, 0.25) is 5.02 Å². The number of nitrogens with two attached hydrogens (primary N) is 1. The fourth-order valence-corrected chi connectivity index (χ4v) is 3.76. The van der Waals surface area contributed by atoms with Gasteiger partial charge in [-0.2, -0.15) is 5.10 Å². The van der Waals surface area contributed by atoms with E-state index in [2.05, 4.69) is 9.97 Å². The van der Waals surface area contributed by atoms with Gasteiger partial charge in [0, 0.05) is 30.3 Å². The van der Waals surface area contributed by atoms with E-state index < -0.39 is 0 Å². The third-order valence-electron chi connectivity index (χ3n) is 5.44. The number of hydrogen-bond donors (Lipinski definition) is 1. The molecule has 0 bridgehead atoms. The Morgan fingerprint density at radius 3 is 2.57 bits per heavy atom. The zero-order valence-electron chi connectivity index (χ0n) is 19.9. The van der Waals surface area contributed by atoms with Crippen LogP contribution in [0.15, 0.2) is 60.9 Å². The van der Waals surface area contributed by atoms with Gasteiger partial charge in [0.05, 0.1) is 23.9 Å². The fraction of sp³-hybridized carbons (Fsp3) is 0.200. The van der Waals surface area contributed by atoms with Crippen LogP contribution < -0.4 is 15.4 Å². The van der Waals surface area contributed by atoms with Gasteiger partial charge in [0.1, 0.15) is 23.6 Å². The van der Waals surface area contributed by atoms with E-state index in [0.717, 1.165) is 5.56 Å². The van der Waals surface area contributed by atoms with Crippen molar-refractivity contribution >= 4 is 40.0 Å². The van der Waals surface area contributed by atoms with Gasteiger partial charge < -0.3 is 20.3 Å². The average Bonchev–Trinajstić information content (AvgIpc) is 3.24. The summed E-state index contributed by atoms with van der Waals surface area (Å²) in [6.45, 7) is 0.657. The fourth-order valence-electron chi connectivity index (χ4n) is 3.63. The molecule has 2 aromatic carbocycles. The summed E-state index contributed by atoms with van der Waals surface area (Å²) in [5.74, 6) is 0.688. The second-order valence-electron chi connectivity index (χ2n) is 8.14. The number of rotatable bonds is 7. The number of amides is 1. The van der Waals surface area contributed by atoms with Crippen LogP contribution in [0, 0.1) is 0 Å². The average molecular weight is 492 g/mol. The quantitative estimate of drug-likeness (QED) is 0.392. The van der Waals surface area contributed by atoms with Crippen LogP contribution in [0.3, 0.4) is 0 Å². The third kappa shape index (κ3) is 4.96. The summed E-state index contributed by atoms with van der Waals surface area (Å²) in [6, 6.07) is 12.8. The molecule has 0 spiro atoms. The molecule has 0 unspecified atom stereocenters. The molecule has 0 fully saturated rings. The van der Waals surface area contributed by atoms with Gasteiger partial charge in [0.25, 0.3) is 5.91 Å². The molecule has 10 heteroatoms. The number of anilines is 2. The van der Waals surface area contributed by atoms with Crippen LogP contribution in [-0.2, 0) is 4.79 Å². The topological polar surface area (TPSA) is 102 Å². The third-order valence-corrected chi connectivity index (χ3v) is 5.69. The van der Waals surface area contributed by atoms with Crippen LogP contribution in [0.1, 0.15) is 0 Å². The van der Waals surface area contributed by atoms with Gasteiger partial charge in [-0.15, -0.1) is 0 Å². The Morgan fingerprint density at radius 1 is 1.14 bits per heavy atom. The maximum absolute atomic E-state index is 12.8. The first-order valence-corrected chi connectivity index (χ1v) is 11.2. The van der Waals surface area contributed by atoms with E-state index in [1.165, 1.54) is 11.2 Å². The Bertz CT molecular complexity index is 1400. The smallest absolute Gasteiger partial charge is 0.250 e. The van der Waals surface area contributed by atoms with Crippen LogP contribution in [0.4, 0.5) is 11.5 Å². The summed E-state index contributed by atoms with van der Waals surface area (Å²) in [7, 11) is 7.14. The Morgan fingerprint density at radius 2 is 1.89 bits per heavy atom. The van der Waals surface area contributed by atoms with Gasteiger partial charge in [-0.3, -0.25) is 4.79 Å². The lowest BCUT2D eigenvalue weighted by atomic mass is 10.1. The van der Waals surface area contributed by atoms with Crippen molar-refractivity contribution < 1.29 is 9.53 Å². The van der Waals surface area contributed by atoms with Gasteiger partial charge in [0.2, 0.25) is 0 Å². The number of carbonyl (C=O) groups is 1. The maximum atomic E-state index is 12.8. The van der Waals surface area contributed by atoms with E-state index in [9.17, 15) is 4.79 Å². The number of fused-ring (bicyclic) bond motifs is 1. The molecular formula is C25H26ClN7O2. The summed E-state index contributed by atoms with van der Waals surface area (Å²) in [6.07, 6.45) is 4.76. The Kier molecular flexibility index (Phi) is 6.99. The number of methoxy groups -OCH3 is 1. The lowest BCUT2D eigenvalue weighted by Crippen LogP contribution is -2.25. The zero-order chi connectivity index (χ0) is 25.1. The molecule has 0 saturated carbocycles. The molecule has 2 N–H and O–H groups in total. The molecule has 4 rings (SSSR count). The molecule has 9 nitrogen and oxygen atoms in total. The second kappa shape index (κ2) is 10.1. The highest BCUT2D eigenvalue weighted by molar-refractivity contribution is 6.30. The van der Waals surface area contributed by atoms with Crippen LogP contribution >= 0.6 is 11.6 Å². The minimum absolute atomic E-state index is 0.180. The van der Waals surface area contributed by atoms with Crippen LogP contribution in [-0.4, -0.2) is 65.4 Å². The van der Waals surface area contributed by atoms with E-state index in [1.54, 1.807) is 43.1 Å². The molecule has 0 aliphatic heterocycles. The van der Waals surface area contributed by atoms with Crippen LogP contribution in [0.5, 0.6) is 5.75 Å². The van der Waals surface area contributed by atoms with Gasteiger partial charge in [0.15, 0.2) is 5.65 Å². The van der Waals surface area contributed by atoms with Gasteiger partial charge >= 0.3 is 0 Å². The molecule has 0 saturated heterocycles. The van der Waals surface area contributed by atoms with Crippen LogP contribution in [0.25, 0.3) is 28.0 Å². The Balaban J connectivity index is 1.82. The van der Waals surface area contributed by atoms with Gasteiger partial charge in [-0.25, -0.2) is 14.6 Å². The van der Waals surface area contributed by atoms with Crippen molar-refractivity contribution in [1.29, 1.82) is 0 Å². The molecule has 0 atom stereocenters. The summed E-state index contributed by atoms with van der Waals surface area (Å²) in [5, 5.41) is 6.06. The number of likely N-dealkylation sites (N-methyl/N-ethyl adjacent to an activating group) is 2. The summed E-state index contributed by atoms with van der Waals surface area (Å²) in [5.41, 5.74) is 9.49. The highest BCUT2D eigenvalue weighted by Gasteiger charge is 2.20. The SMILES string of the molecule is COc1ccc(-n2nc(-c3ccc(Cl)cc3)c3c(N)ncnc32)cc1N(C)C(=O)/C=C/CN(C)C. The highest BCUT2D eigenvalue weighted by atomic mass is 35.5. The van der Waals surface area contributed by atoms with Crippen molar-refractivity contribution in [2.45, 2.75) is 0 Å². The molecule has 2 heterocycles. The summed E-state index contributed by atoms with van der Waals surface area (Å²) >= 11 is 6.07. The number of aromatic nitrogens is 4. The van der Waals surface area contributed by atoms with Crippen molar-refractivity contribution in [3.8, 4) is 22.7 Å². The van der Waals surface area contributed by atoms with Gasteiger partial charge in [-0.1, -0.05) is 29.8 Å². The van der Waals surface area contributed by atoms with E-state index in [-0.39, 0.29) is 5.91 Å². The molecule has 0 aliphatic rings. The van der Waals surface area contributed by atoms with Crippen molar-refractivity contribution in [1.82, 2.24) is 24.6 Å². The van der Waals surface area contributed by atoms with Crippen molar-refractivity contribution in [2.24, 2.45) is 0 Å². The predicted octanol–water partition coefficient (Wildman–Crippen LogP) is 3.81. The molecule has 2 aromatic heterocycles. The first-order chi connectivity index (χ1) is 16.8. The minimum Gasteiger partial charge on any atom is -0.495 e. The normalized spacial score (nSPS) is 11.5. The maximum Gasteiger partial charge on any atom is 0.250 e. The predicted molar refractivity (Wildman–Crippen MR) is 139 cm³/mol. The number of carbonyl (C=O) groups excluding carboxylic acids is 1.